The molecule has 12 rings (SSSR count). The number of aromatic nitrogens is 2. The van der Waals surface area contributed by atoms with Gasteiger partial charge in [0, 0.05) is 52.8 Å². The fourth-order valence-corrected chi connectivity index (χ4v) is 9.90. The lowest BCUT2D eigenvalue weighted by atomic mass is 10.0. The molecule has 8 aromatic carbocycles. The second-order valence-electron chi connectivity index (χ2n) is 13.3. The first-order valence-electron chi connectivity index (χ1n) is 17.1. The number of anilines is 3. The Morgan fingerprint density at radius 2 is 0.960 bits per heavy atom. The van der Waals surface area contributed by atoms with Crippen molar-refractivity contribution in [2.45, 2.75) is 0 Å². The van der Waals surface area contributed by atoms with Gasteiger partial charge in [-0.2, -0.15) is 0 Å². The molecule has 0 atom stereocenters. The third-order valence-electron chi connectivity index (χ3n) is 10.8. The van der Waals surface area contributed by atoms with Gasteiger partial charge in [-0.1, -0.05) is 109 Å². The standard InChI is InChI=1S/C46H27N3S/c1-2-13-30-28(11-1)12-9-19-36(30)47(40-20-10-22-43-44(40)35-16-5-8-21-42(35)50-43)29-23-26-39-41(27-29)49-38-18-7-4-15-32(38)34-25-24-33-31-14-3-6-17-37(31)48(39)45(33)46(34)49/h1-27H. The first-order chi connectivity index (χ1) is 24.8. The molecule has 0 fully saturated rings. The Morgan fingerprint density at radius 1 is 0.380 bits per heavy atom. The van der Waals surface area contributed by atoms with Gasteiger partial charge >= 0.3 is 0 Å². The SMILES string of the molecule is c1ccc2c(N(c3ccc4c(c3)n3c5ccccc5c5ccc6c7ccccc7n4c6c53)c3cccc4sc5ccccc5c34)cccc2c1. The predicted octanol–water partition coefficient (Wildman–Crippen LogP) is 13.2. The highest BCUT2D eigenvalue weighted by molar-refractivity contribution is 7.26. The molecule has 0 radical (unpaired) electrons. The average Bonchev–Trinajstić information content (AvgIpc) is 3.83. The van der Waals surface area contributed by atoms with Crippen molar-refractivity contribution in [1.82, 2.24) is 8.80 Å². The Kier molecular flexibility index (Phi) is 5.12. The summed E-state index contributed by atoms with van der Waals surface area (Å²) >= 11 is 1.87. The molecule has 0 aliphatic rings. The number of benzene rings is 8. The zero-order valence-electron chi connectivity index (χ0n) is 26.8. The molecule has 4 aromatic heterocycles. The molecule has 232 valence electrons. The van der Waals surface area contributed by atoms with E-state index in [1.807, 2.05) is 11.3 Å². The third kappa shape index (κ3) is 3.33. The molecule has 3 nitrogen and oxygen atoms in total. The van der Waals surface area contributed by atoms with Gasteiger partial charge in [0.15, 0.2) is 0 Å². The van der Waals surface area contributed by atoms with Crippen LogP contribution in [0.25, 0.3) is 85.6 Å². The Labute approximate surface area is 290 Å². The van der Waals surface area contributed by atoms with E-state index in [1.165, 1.54) is 97.0 Å². The maximum Gasteiger partial charge on any atom is 0.0789 e. The topological polar surface area (TPSA) is 12.1 Å². The van der Waals surface area contributed by atoms with E-state index in [-0.39, 0.29) is 0 Å². The van der Waals surface area contributed by atoms with Crippen LogP contribution in [0.15, 0.2) is 164 Å². The van der Waals surface area contributed by atoms with Crippen LogP contribution >= 0.6 is 11.3 Å². The van der Waals surface area contributed by atoms with Gasteiger partial charge in [-0.3, -0.25) is 0 Å². The molecule has 4 heterocycles. The largest absolute Gasteiger partial charge is 0.309 e. The van der Waals surface area contributed by atoms with Crippen LogP contribution in [0.5, 0.6) is 0 Å². The van der Waals surface area contributed by atoms with Crippen LogP contribution in [0.1, 0.15) is 0 Å². The van der Waals surface area contributed by atoms with Crippen molar-refractivity contribution in [1.29, 1.82) is 0 Å². The summed E-state index contributed by atoms with van der Waals surface area (Å²) in [7, 11) is 0. The third-order valence-corrected chi connectivity index (χ3v) is 11.9. The molecule has 0 spiro atoms. The molecular weight excluding hydrogens is 627 g/mol. The summed E-state index contributed by atoms with van der Waals surface area (Å²) in [6.45, 7) is 0. The molecule has 0 aliphatic heterocycles. The number of fused-ring (bicyclic) bond motifs is 13. The number of hydrogen-bond acceptors (Lipinski definition) is 2. The van der Waals surface area contributed by atoms with Crippen LogP contribution in [0.2, 0.25) is 0 Å². The quantitative estimate of drug-likeness (QED) is 0.173. The van der Waals surface area contributed by atoms with Crippen LogP contribution in [0.3, 0.4) is 0 Å². The van der Waals surface area contributed by atoms with E-state index in [1.54, 1.807) is 0 Å². The van der Waals surface area contributed by atoms with Gasteiger partial charge in [-0.15, -0.1) is 11.3 Å². The van der Waals surface area contributed by atoms with Crippen molar-refractivity contribution in [3.05, 3.63) is 164 Å². The van der Waals surface area contributed by atoms with Crippen molar-refractivity contribution in [3.63, 3.8) is 0 Å². The van der Waals surface area contributed by atoms with Gasteiger partial charge < -0.3 is 13.7 Å². The summed E-state index contributed by atoms with van der Waals surface area (Å²) in [6, 6.07) is 60.5. The highest BCUT2D eigenvalue weighted by Gasteiger charge is 2.24. The number of thiophene rings is 1. The zero-order valence-corrected chi connectivity index (χ0v) is 27.7. The molecule has 4 heteroatoms. The minimum atomic E-state index is 1.13. The van der Waals surface area contributed by atoms with Crippen molar-refractivity contribution in [2.24, 2.45) is 0 Å². The van der Waals surface area contributed by atoms with E-state index < -0.39 is 0 Å². The Bertz CT molecular complexity index is 3340. The van der Waals surface area contributed by atoms with Crippen molar-refractivity contribution < 1.29 is 0 Å². The normalized spacial score (nSPS) is 12.4. The number of rotatable bonds is 3. The number of nitrogens with zero attached hydrogens (tertiary/aromatic N) is 3. The van der Waals surface area contributed by atoms with Crippen LogP contribution in [0, 0.1) is 0 Å². The smallest absolute Gasteiger partial charge is 0.0789 e. The molecule has 0 saturated heterocycles. The number of hydrogen-bond donors (Lipinski definition) is 0. The van der Waals surface area contributed by atoms with Gasteiger partial charge in [-0.05, 0) is 60.0 Å². The van der Waals surface area contributed by atoms with Gasteiger partial charge in [0.05, 0.1) is 44.5 Å². The maximum absolute atomic E-state index is 2.52. The summed E-state index contributed by atoms with van der Waals surface area (Å²) in [5, 5.41) is 10.2. The fourth-order valence-electron chi connectivity index (χ4n) is 8.77. The van der Waals surface area contributed by atoms with E-state index in [2.05, 4.69) is 177 Å². The van der Waals surface area contributed by atoms with Crippen molar-refractivity contribution in [3.8, 4) is 0 Å². The van der Waals surface area contributed by atoms with E-state index in [9.17, 15) is 0 Å². The first kappa shape index (κ1) is 26.6. The molecule has 0 amide bonds. The maximum atomic E-state index is 2.52. The Balaban J connectivity index is 1.27. The van der Waals surface area contributed by atoms with Gasteiger partial charge in [0.25, 0.3) is 0 Å². The first-order valence-corrected chi connectivity index (χ1v) is 17.9. The van der Waals surface area contributed by atoms with E-state index in [0.717, 1.165) is 5.69 Å². The Hall–Kier alpha value is -6.36. The summed E-state index contributed by atoms with van der Waals surface area (Å²) in [6.07, 6.45) is 0. The summed E-state index contributed by atoms with van der Waals surface area (Å²) in [4.78, 5) is 2.50. The molecule has 0 aliphatic carbocycles. The minimum Gasteiger partial charge on any atom is -0.309 e. The lowest BCUT2D eigenvalue weighted by molar-refractivity contribution is 1.24. The molecule has 0 unspecified atom stereocenters. The van der Waals surface area contributed by atoms with Gasteiger partial charge in [0.2, 0.25) is 0 Å². The van der Waals surface area contributed by atoms with Gasteiger partial charge in [0.1, 0.15) is 0 Å². The summed E-state index contributed by atoms with van der Waals surface area (Å²) in [5.74, 6) is 0. The van der Waals surface area contributed by atoms with E-state index >= 15 is 0 Å². The number of para-hydroxylation sites is 2. The monoisotopic (exact) mass is 653 g/mol. The zero-order chi connectivity index (χ0) is 32.5. The van der Waals surface area contributed by atoms with Crippen LogP contribution in [0.4, 0.5) is 17.1 Å². The molecule has 0 saturated carbocycles. The molecular formula is C46H27N3S. The van der Waals surface area contributed by atoms with Crippen molar-refractivity contribution >= 4 is 114 Å². The van der Waals surface area contributed by atoms with E-state index in [0.29, 0.717) is 0 Å². The average molecular weight is 654 g/mol. The highest BCUT2D eigenvalue weighted by Crippen LogP contribution is 2.48. The molecule has 0 N–H and O–H groups in total. The van der Waals surface area contributed by atoms with Crippen LogP contribution < -0.4 is 4.90 Å². The van der Waals surface area contributed by atoms with Crippen LogP contribution in [-0.2, 0) is 0 Å². The second-order valence-corrected chi connectivity index (χ2v) is 14.4. The Morgan fingerprint density at radius 3 is 1.74 bits per heavy atom. The predicted molar refractivity (Wildman–Crippen MR) is 215 cm³/mol. The molecule has 12 aromatic rings. The highest BCUT2D eigenvalue weighted by atomic mass is 32.1. The lowest BCUT2D eigenvalue weighted by Gasteiger charge is -2.28. The fraction of sp³-hybridized carbons (Fsp3) is 0. The summed E-state index contributed by atoms with van der Waals surface area (Å²) in [5.41, 5.74) is 10.9. The minimum absolute atomic E-state index is 1.13. The van der Waals surface area contributed by atoms with Gasteiger partial charge in [-0.25, -0.2) is 0 Å². The van der Waals surface area contributed by atoms with Crippen LogP contribution in [-0.4, -0.2) is 8.80 Å². The van der Waals surface area contributed by atoms with Crippen molar-refractivity contribution in [2.75, 3.05) is 4.90 Å². The molecule has 50 heavy (non-hydrogen) atoms. The van der Waals surface area contributed by atoms with E-state index in [4.69, 9.17) is 0 Å². The summed E-state index contributed by atoms with van der Waals surface area (Å²) < 4.78 is 7.62. The molecule has 0 bridgehead atoms. The lowest BCUT2D eigenvalue weighted by Crippen LogP contribution is -2.11. The second kappa shape index (κ2) is 9.63.